The lowest BCUT2D eigenvalue weighted by Crippen LogP contribution is -2.60. The van der Waals surface area contributed by atoms with Crippen molar-refractivity contribution >= 4 is 52.4 Å². The molecule has 5 rings (SSSR count). The van der Waals surface area contributed by atoms with Gasteiger partial charge in [-0.1, -0.05) is 91.0 Å². The predicted octanol–water partition coefficient (Wildman–Crippen LogP) is 0.837. The number of phenolic OH excluding ortho intramolecular Hbond substituents is 1. The molecule has 5 amide bonds. The summed E-state index contributed by atoms with van der Waals surface area (Å²) in [5.74, 6) is -7.30. The molecule has 4 aromatic carbocycles. The molecule has 0 aliphatic heterocycles. The summed E-state index contributed by atoms with van der Waals surface area (Å²) in [4.78, 5) is 96.0. The summed E-state index contributed by atoms with van der Waals surface area (Å²) in [6, 6.07) is 21.6. The maximum absolute atomic E-state index is 14.2. The molecule has 6 atom stereocenters. The SMILES string of the molecule is N[C@@H](Cc1ccccc1)C(=O)N[C@@H](CO)C(=O)N[C@@H](Cc1ccccc1)C(=O)N[C@@H](Cc1ccc(O)cc1)C(=O)N[C@@H](CCC(=O)O)C(=O)N[C@@H](Cc1c[nH]c2ccccc12)C(=O)O. The van der Waals surface area contributed by atoms with Crippen molar-refractivity contribution in [1.82, 2.24) is 31.6 Å². The molecule has 12 N–H and O–H groups in total. The summed E-state index contributed by atoms with van der Waals surface area (Å²) in [5, 5.41) is 52.9. The molecule has 0 aliphatic carbocycles. The number of para-hydroxylation sites is 1. The minimum absolute atomic E-state index is 0.0861. The van der Waals surface area contributed by atoms with E-state index in [1.54, 1.807) is 91.1 Å². The van der Waals surface area contributed by atoms with Crippen molar-refractivity contribution in [1.29, 1.82) is 0 Å². The topological polar surface area (TPSA) is 302 Å². The van der Waals surface area contributed by atoms with Crippen LogP contribution in [0.1, 0.15) is 35.1 Å². The molecular weight excluding hydrogens is 827 g/mol. The van der Waals surface area contributed by atoms with Crippen LogP contribution in [0.3, 0.4) is 0 Å². The zero-order valence-corrected chi connectivity index (χ0v) is 34.6. The van der Waals surface area contributed by atoms with Gasteiger partial charge in [0, 0.05) is 42.8 Å². The van der Waals surface area contributed by atoms with Gasteiger partial charge in [0.05, 0.1) is 12.6 Å². The molecule has 64 heavy (non-hydrogen) atoms. The van der Waals surface area contributed by atoms with Crippen LogP contribution in [0.25, 0.3) is 10.9 Å². The number of hydrogen-bond acceptors (Lipinski definition) is 10. The first-order valence-electron chi connectivity index (χ1n) is 20.4. The highest BCUT2D eigenvalue weighted by Gasteiger charge is 2.34. The van der Waals surface area contributed by atoms with E-state index < -0.39 is 97.2 Å². The lowest BCUT2D eigenvalue weighted by molar-refractivity contribution is -0.143. The van der Waals surface area contributed by atoms with Crippen molar-refractivity contribution in [3.8, 4) is 5.75 Å². The summed E-state index contributed by atoms with van der Waals surface area (Å²) in [7, 11) is 0. The van der Waals surface area contributed by atoms with Crippen molar-refractivity contribution in [2.45, 2.75) is 74.8 Å². The Morgan fingerprint density at radius 3 is 1.56 bits per heavy atom. The average molecular weight is 878 g/mol. The number of phenols is 1. The second kappa shape index (κ2) is 23.0. The number of fused-ring (bicyclic) bond motifs is 1. The van der Waals surface area contributed by atoms with Gasteiger partial charge in [-0.3, -0.25) is 28.8 Å². The molecule has 0 saturated carbocycles. The first kappa shape index (κ1) is 47.5. The van der Waals surface area contributed by atoms with Crippen molar-refractivity contribution in [3.05, 3.63) is 138 Å². The number of carboxylic acids is 2. The number of H-pyrrole nitrogens is 1. The largest absolute Gasteiger partial charge is 0.508 e. The Labute approximate surface area is 367 Å². The van der Waals surface area contributed by atoms with E-state index in [1.807, 2.05) is 0 Å². The molecule has 0 aliphatic rings. The fraction of sp³-hybridized carbons (Fsp3) is 0.283. The molecule has 0 radical (unpaired) electrons. The Morgan fingerprint density at radius 1 is 0.531 bits per heavy atom. The maximum Gasteiger partial charge on any atom is 0.326 e. The van der Waals surface area contributed by atoms with Crippen molar-refractivity contribution in [3.63, 3.8) is 0 Å². The Kier molecular flexibility index (Phi) is 17.1. The standard InChI is InChI=1S/C46H51N7O11/c47-33(21-27-9-3-1-4-10-27)41(58)53-39(26-54)45(62)51-36(22-28-11-5-2-6-12-28)44(61)50-37(23-29-15-17-31(55)18-16-29)43(60)49-35(19-20-40(56)57)42(59)52-38(46(63)64)24-30-25-48-34-14-8-7-13-32(30)34/h1-18,25,33,35-39,48,54-55H,19-24,26,47H2,(H,49,60)(H,50,61)(H,51,62)(H,52,59)(H,53,58)(H,56,57)(H,63,64)/t33-,35-,36-,37-,38-,39-/m0/s1. The Morgan fingerprint density at radius 2 is 1.00 bits per heavy atom. The molecule has 18 heteroatoms. The smallest absolute Gasteiger partial charge is 0.326 e. The lowest BCUT2D eigenvalue weighted by atomic mass is 10.0. The molecule has 5 aromatic rings. The highest BCUT2D eigenvalue weighted by molar-refractivity contribution is 5.97. The number of aliphatic carboxylic acids is 2. The number of carbonyl (C=O) groups is 7. The number of amides is 5. The molecule has 18 nitrogen and oxygen atoms in total. The molecule has 0 spiro atoms. The number of rotatable bonds is 23. The van der Waals surface area contributed by atoms with Crippen LogP contribution in [0.4, 0.5) is 0 Å². The minimum Gasteiger partial charge on any atom is -0.508 e. The van der Waals surface area contributed by atoms with Gasteiger partial charge < -0.3 is 57.7 Å². The van der Waals surface area contributed by atoms with Crippen LogP contribution in [0.15, 0.2) is 115 Å². The van der Waals surface area contributed by atoms with Crippen molar-refractivity contribution < 1.29 is 54.0 Å². The van der Waals surface area contributed by atoms with E-state index in [0.29, 0.717) is 16.7 Å². The van der Waals surface area contributed by atoms with Crippen LogP contribution in [-0.2, 0) is 59.2 Å². The number of nitrogens with two attached hydrogens (primary N) is 1. The van der Waals surface area contributed by atoms with Crippen LogP contribution in [-0.4, -0.2) is 110 Å². The van der Waals surface area contributed by atoms with Crippen LogP contribution in [0.5, 0.6) is 5.75 Å². The van der Waals surface area contributed by atoms with E-state index >= 15 is 0 Å². The Bertz CT molecular complexity index is 2390. The van der Waals surface area contributed by atoms with Gasteiger partial charge in [0.2, 0.25) is 29.5 Å². The molecule has 0 saturated heterocycles. The molecule has 336 valence electrons. The number of hydrogen-bond donors (Lipinski definition) is 11. The van der Waals surface area contributed by atoms with Gasteiger partial charge >= 0.3 is 11.9 Å². The molecule has 1 aromatic heterocycles. The summed E-state index contributed by atoms with van der Waals surface area (Å²) < 4.78 is 0. The zero-order chi connectivity index (χ0) is 46.2. The minimum atomic E-state index is -1.59. The van der Waals surface area contributed by atoms with Crippen LogP contribution >= 0.6 is 0 Å². The summed E-state index contributed by atoms with van der Waals surface area (Å²) in [6.45, 7) is -0.856. The lowest BCUT2D eigenvalue weighted by Gasteiger charge is -2.27. The molecular formula is C46H51N7O11. The summed E-state index contributed by atoms with van der Waals surface area (Å²) in [5.41, 5.74) is 9.22. The molecule has 0 bridgehead atoms. The number of aromatic hydroxyl groups is 1. The average Bonchev–Trinajstić information content (AvgIpc) is 3.69. The van der Waals surface area contributed by atoms with E-state index in [1.165, 1.54) is 24.3 Å². The van der Waals surface area contributed by atoms with Crippen molar-refractivity contribution in [2.75, 3.05) is 6.61 Å². The van der Waals surface area contributed by atoms with E-state index in [9.17, 15) is 54.0 Å². The van der Waals surface area contributed by atoms with Gasteiger partial charge in [-0.2, -0.15) is 0 Å². The molecule has 0 unspecified atom stereocenters. The fourth-order valence-electron chi connectivity index (χ4n) is 6.92. The number of nitrogens with one attached hydrogen (secondary N) is 6. The number of aromatic amines is 1. The first-order valence-corrected chi connectivity index (χ1v) is 20.4. The van der Waals surface area contributed by atoms with Crippen LogP contribution in [0.2, 0.25) is 0 Å². The van der Waals surface area contributed by atoms with Gasteiger partial charge in [-0.25, -0.2) is 4.79 Å². The summed E-state index contributed by atoms with van der Waals surface area (Å²) in [6.07, 6.45) is 0.191. The second-order valence-electron chi connectivity index (χ2n) is 15.2. The van der Waals surface area contributed by atoms with Gasteiger partial charge in [-0.15, -0.1) is 0 Å². The Hall–Kier alpha value is -7.57. The highest BCUT2D eigenvalue weighted by atomic mass is 16.4. The number of aromatic nitrogens is 1. The van der Waals surface area contributed by atoms with E-state index in [-0.39, 0.29) is 31.4 Å². The fourth-order valence-corrected chi connectivity index (χ4v) is 6.92. The van der Waals surface area contributed by atoms with Gasteiger partial charge in [0.1, 0.15) is 36.0 Å². The third-order valence-electron chi connectivity index (χ3n) is 10.4. The Balaban J connectivity index is 1.36. The van der Waals surface area contributed by atoms with E-state index in [4.69, 9.17) is 5.73 Å². The number of aliphatic hydroxyl groups is 1. The normalized spacial score (nSPS) is 13.8. The van der Waals surface area contributed by atoms with Gasteiger partial charge in [0.15, 0.2) is 0 Å². The number of carboxylic acid groups (broad SMARTS) is 2. The quantitative estimate of drug-likeness (QED) is 0.0435. The van der Waals surface area contributed by atoms with Crippen LogP contribution < -0.4 is 32.3 Å². The highest BCUT2D eigenvalue weighted by Crippen LogP contribution is 2.20. The van der Waals surface area contributed by atoms with E-state index in [2.05, 4.69) is 31.6 Å². The predicted molar refractivity (Wildman–Crippen MR) is 233 cm³/mol. The second-order valence-corrected chi connectivity index (χ2v) is 15.2. The number of aliphatic hydroxyl groups excluding tert-OH is 1. The van der Waals surface area contributed by atoms with Gasteiger partial charge in [0.25, 0.3) is 0 Å². The third kappa shape index (κ3) is 14.0. The maximum atomic E-state index is 14.2. The monoisotopic (exact) mass is 877 g/mol. The molecule has 1 heterocycles. The van der Waals surface area contributed by atoms with Crippen molar-refractivity contribution in [2.24, 2.45) is 5.73 Å². The number of benzene rings is 4. The van der Waals surface area contributed by atoms with E-state index in [0.717, 1.165) is 16.5 Å². The first-order chi connectivity index (χ1) is 30.7. The molecule has 0 fully saturated rings. The zero-order valence-electron chi connectivity index (χ0n) is 34.6. The summed E-state index contributed by atoms with van der Waals surface area (Å²) >= 11 is 0. The van der Waals surface area contributed by atoms with Crippen LogP contribution in [0, 0.1) is 0 Å². The van der Waals surface area contributed by atoms with Gasteiger partial charge in [-0.05, 0) is 53.3 Å². The number of carbonyl (C=O) groups excluding carboxylic acids is 5. The third-order valence-corrected chi connectivity index (χ3v) is 10.4.